The van der Waals surface area contributed by atoms with Gasteiger partial charge in [-0.25, -0.2) is 15.0 Å². The van der Waals surface area contributed by atoms with Gasteiger partial charge in [-0.3, -0.25) is 0 Å². The maximum absolute atomic E-state index is 5.15. The van der Waals surface area contributed by atoms with Gasteiger partial charge in [0.15, 0.2) is 17.5 Å². The molecule has 0 fully saturated rings. The molecule has 0 spiro atoms. The fourth-order valence-electron chi connectivity index (χ4n) is 7.62. The topological polar surface area (TPSA) is 43.6 Å². The van der Waals surface area contributed by atoms with Crippen LogP contribution in [0.2, 0.25) is 0 Å². The Labute approximate surface area is 300 Å². The Kier molecular flexibility index (Phi) is 6.26. The summed E-state index contributed by atoms with van der Waals surface area (Å²) in [4.78, 5) is 15.3. The second kappa shape index (κ2) is 11.2. The number of para-hydroxylation sites is 2. The van der Waals surface area contributed by atoms with Gasteiger partial charge in [-0.15, -0.1) is 22.7 Å². The number of aromatic nitrogens is 4. The minimum Gasteiger partial charge on any atom is -0.309 e. The van der Waals surface area contributed by atoms with E-state index in [0.717, 1.165) is 22.4 Å². The van der Waals surface area contributed by atoms with Crippen LogP contribution < -0.4 is 0 Å². The van der Waals surface area contributed by atoms with Gasteiger partial charge >= 0.3 is 0 Å². The average Bonchev–Trinajstić information content (AvgIpc) is 3.87. The highest BCUT2D eigenvalue weighted by Crippen LogP contribution is 2.47. The van der Waals surface area contributed by atoms with E-state index < -0.39 is 0 Å². The van der Waals surface area contributed by atoms with Gasteiger partial charge in [0.2, 0.25) is 0 Å². The van der Waals surface area contributed by atoms with Crippen molar-refractivity contribution in [3.8, 4) is 39.9 Å². The van der Waals surface area contributed by atoms with Gasteiger partial charge in [-0.1, -0.05) is 109 Å². The summed E-state index contributed by atoms with van der Waals surface area (Å²) in [6, 6.07) is 55.9. The monoisotopic (exact) mass is 686 g/mol. The zero-order valence-electron chi connectivity index (χ0n) is 27.1. The normalized spacial score (nSPS) is 11.9. The molecule has 6 heteroatoms. The molecule has 0 radical (unpaired) electrons. The van der Waals surface area contributed by atoms with E-state index in [-0.39, 0.29) is 0 Å². The van der Waals surface area contributed by atoms with E-state index in [1.807, 2.05) is 59.1 Å². The van der Waals surface area contributed by atoms with Crippen molar-refractivity contribution in [2.45, 2.75) is 0 Å². The Morgan fingerprint density at radius 3 is 1.57 bits per heavy atom. The highest BCUT2D eigenvalue weighted by atomic mass is 32.1. The molecule has 0 aliphatic heterocycles. The fourth-order valence-corrected chi connectivity index (χ4v) is 9.85. The van der Waals surface area contributed by atoms with Crippen LogP contribution in [0.25, 0.3) is 102 Å². The van der Waals surface area contributed by atoms with Gasteiger partial charge in [-0.05, 0) is 48.5 Å². The predicted molar refractivity (Wildman–Crippen MR) is 216 cm³/mol. The average molecular weight is 687 g/mol. The van der Waals surface area contributed by atoms with Crippen molar-refractivity contribution in [3.63, 3.8) is 0 Å². The fraction of sp³-hybridized carbons (Fsp3) is 0. The van der Waals surface area contributed by atoms with Crippen LogP contribution in [0.3, 0.4) is 0 Å². The summed E-state index contributed by atoms with van der Waals surface area (Å²) in [5.74, 6) is 2.01. The number of hydrogen-bond donors (Lipinski definition) is 0. The number of fused-ring (bicyclic) bond motifs is 10. The molecule has 238 valence electrons. The number of hydrogen-bond acceptors (Lipinski definition) is 5. The van der Waals surface area contributed by atoms with Gasteiger partial charge in [0, 0.05) is 73.5 Å². The van der Waals surface area contributed by atoms with Crippen LogP contribution in [0, 0.1) is 0 Å². The van der Waals surface area contributed by atoms with Crippen molar-refractivity contribution in [2.75, 3.05) is 0 Å². The molecular weight excluding hydrogens is 661 g/mol. The molecule has 51 heavy (non-hydrogen) atoms. The highest BCUT2D eigenvalue weighted by molar-refractivity contribution is 7.28. The second-order valence-corrected chi connectivity index (χ2v) is 15.0. The summed E-state index contributed by atoms with van der Waals surface area (Å²) in [7, 11) is 0. The summed E-state index contributed by atoms with van der Waals surface area (Å²) >= 11 is 3.69. The van der Waals surface area contributed by atoms with Crippen LogP contribution in [0.15, 0.2) is 158 Å². The summed E-state index contributed by atoms with van der Waals surface area (Å²) in [6.07, 6.45) is 0. The van der Waals surface area contributed by atoms with Crippen LogP contribution in [0.1, 0.15) is 0 Å². The first kappa shape index (κ1) is 28.6. The van der Waals surface area contributed by atoms with E-state index in [2.05, 4.69) is 126 Å². The lowest BCUT2D eigenvalue weighted by atomic mass is 10.0. The van der Waals surface area contributed by atoms with Gasteiger partial charge in [0.05, 0.1) is 11.0 Å². The molecule has 0 atom stereocenters. The third-order valence-corrected chi connectivity index (χ3v) is 12.1. The van der Waals surface area contributed by atoms with Crippen LogP contribution in [0.4, 0.5) is 0 Å². The van der Waals surface area contributed by atoms with Crippen molar-refractivity contribution >= 4 is 84.8 Å². The molecule has 7 aromatic carbocycles. The lowest BCUT2D eigenvalue weighted by molar-refractivity contribution is 1.08. The summed E-state index contributed by atoms with van der Waals surface area (Å²) < 4.78 is 7.43. The van der Waals surface area contributed by atoms with E-state index in [4.69, 9.17) is 15.0 Å². The number of nitrogens with zero attached hydrogens (tertiary/aromatic N) is 4. The molecule has 4 heterocycles. The molecule has 0 saturated carbocycles. The van der Waals surface area contributed by atoms with Crippen molar-refractivity contribution in [2.24, 2.45) is 0 Å². The van der Waals surface area contributed by atoms with Crippen LogP contribution in [-0.4, -0.2) is 19.5 Å². The molecule has 4 aromatic heterocycles. The largest absolute Gasteiger partial charge is 0.309 e. The first-order chi connectivity index (χ1) is 25.3. The molecule has 11 rings (SSSR count). The first-order valence-corrected chi connectivity index (χ1v) is 18.6. The molecular formula is C45H26N4S2. The van der Waals surface area contributed by atoms with Gasteiger partial charge < -0.3 is 4.57 Å². The lowest BCUT2D eigenvalue weighted by Gasteiger charge is -2.10. The summed E-state index contributed by atoms with van der Waals surface area (Å²) in [6.45, 7) is 0. The number of thiophene rings is 2. The van der Waals surface area contributed by atoms with E-state index in [1.54, 1.807) is 0 Å². The molecule has 0 aliphatic carbocycles. The standard InChI is InChI=1S/C45H26N4S2/c1-3-12-27(13-4-1)43-46-44(28-14-5-2-6-15-28)48-45(47-43)32-18-11-21-37-40(32)42-39(51-37)25-24-38-41(42)33-26-29(22-23-36(33)50-38)49-34-19-9-7-16-30(34)31-17-8-10-20-35(31)49/h1-26H. The summed E-state index contributed by atoms with van der Waals surface area (Å²) in [5, 5.41) is 7.53. The Morgan fingerprint density at radius 2 is 0.902 bits per heavy atom. The Balaban J connectivity index is 1.21. The molecule has 0 amide bonds. The van der Waals surface area contributed by atoms with Crippen molar-refractivity contribution in [1.82, 2.24) is 19.5 Å². The third kappa shape index (κ3) is 4.40. The third-order valence-electron chi connectivity index (χ3n) is 9.86. The minimum atomic E-state index is 0.665. The van der Waals surface area contributed by atoms with Gasteiger partial charge in [-0.2, -0.15) is 0 Å². The summed E-state index contributed by atoms with van der Waals surface area (Å²) in [5.41, 5.74) is 6.53. The molecule has 0 unspecified atom stereocenters. The molecule has 0 saturated heterocycles. The molecule has 0 aliphatic rings. The van der Waals surface area contributed by atoms with E-state index in [1.165, 1.54) is 62.2 Å². The smallest absolute Gasteiger partial charge is 0.164 e. The van der Waals surface area contributed by atoms with Gasteiger partial charge in [0.1, 0.15) is 0 Å². The van der Waals surface area contributed by atoms with Crippen molar-refractivity contribution < 1.29 is 0 Å². The van der Waals surface area contributed by atoms with Crippen molar-refractivity contribution in [1.29, 1.82) is 0 Å². The minimum absolute atomic E-state index is 0.665. The molecule has 0 bridgehead atoms. The van der Waals surface area contributed by atoms with E-state index in [9.17, 15) is 0 Å². The van der Waals surface area contributed by atoms with E-state index in [0.29, 0.717) is 17.5 Å². The molecule has 4 nitrogen and oxygen atoms in total. The SMILES string of the molecule is c1ccc(-c2nc(-c3ccccc3)nc(-c3cccc4sc5ccc6sc7ccc(-n8c9ccccc9c9ccccc98)cc7c6c5c34)n2)cc1. The zero-order chi connectivity index (χ0) is 33.5. The number of rotatable bonds is 4. The van der Waals surface area contributed by atoms with Crippen molar-refractivity contribution in [3.05, 3.63) is 158 Å². The van der Waals surface area contributed by atoms with Gasteiger partial charge in [0.25, 0.3) is 0 Å². The predicted octanol–water partition coefficient (Wildman–Crippen LogP) is 12.7. The van der Waals surface area contributed by atoms with Crippen LogP contribution in [0.5, 0.6) is 0 Å². The first-order valence-electron chi connectivity index (χ1n) is 16.9. The van der Waals surface area contributed by atoms with E-state index >= 15 is 0 Å². The lowest BCUT2D eigenvalue weighted by Crippen LogP contribution is -2.00. The maximum atomic E-state index is 5.15. The zero-order valence-corrected chi connectivity index (χ0v) is 28.7. The van der Waals surface area contributed by atoms with Crippen LogP contribution in [-0.2, 0) is 0 Å². The maximum Gasteiger partial charge on any atom is 0.164 e. The van der Waals surface area contributed by atoms with Crippen LogP contribution >= 0.6 is 22.7 Å². The Hall–Kier alpha value is -6.21. The Morgan fingerprint density at radius 1 is 0.373 bits per heavy atom. The number of benzene rings is 7. The highest BCUT2D eigenvalue weighted by Gasteiger charge is 2.21. The molecule has 0 N–H and O–H groups in total. The molecule has 11 aromatic rings. The second-order valence-electron chi connectivity index (χ2n) is 12.8. The quantitative estimate of drug-likeness (QED) is 0.185. The Bertz CT molecular complexity index is 3030.